The zero-order valence-corrected chi connectivity index (χ0v) is 12.5. The molecule has 0 bridgehead atoms. The van der Waals surface area contributed by atoms with Crippen LogP contribution in [0.15, 0.2) is 12.5 Å². The molecule has 0 aliphatic rings. The average Bonchev–Trinajstić information content (AvgIpc) is 2.86. The zero-order chi connectivity index (χ0) is 16.0. The van der Waals surface area contributed by atoms with Crippen molar-refractivity contribution in [2.24, 2.45) is 0 Å². The third kappa shape index (κ3) is 5.82. The van der Waals surface area contributed by atoms with Crippen LogP contribution >= 0.6 is 0 Å². The van der Waals surface area contributed by atoms with Crippen molar-refractivity contribution in [1.29, 1.82) is 0 Å². The molecule has 0 spiro atoms. The van der Waals surface area contributed by atoms with Gasteiger partial charge in [0.05, 0.1) is 18.5 Å². The summed E-state index contributed by atoms with van der Waals surface area (Å²) >= 11 is 0. The van der Waals surface area contributed by atoms with Crippen molar-refractivity contribution in [3.63, 3.8) is 0 Å². The van der Waals surface area contributed by atoms with E-state index in [0.717, 1.165) is 0 Å². The molecule has 0 saturated carbocycles. The minimum absolute atomic E-state index is 0.112. The number of aliphatic hydroxyl groups is 1. The molecule has 4 N–H and O–H groups in total. The van der Waals surface area contributed by atoms with Gasteiger partial charge >= 0.3 is 12.0 Å². The molecule has 1 atom stereocenters. The van der Waals surface area contributed by atoms with E-state index in [0.29, 0.717) is 12.2 Å². The predicted molar refractivity (Wildman–Crippen MR) is 75.8 cm³/mol. The molecule has 21 heavy (non-hydrogen) atoms. The maximum Gasteiger partial charge on any atom is 0.326 e. The molecule has 2 amide bonds. The molecule has 0 aliphatic carbocycles. The second-order valence-corrected chi connectivity index (χ2v) is 5.45. The summed E-state index contributed by atoms with van der Waals surface area (Å²) in [6.45, 7) is 5.42. The van der Waals surface area contributed by atoms with Crippen molar-refractivity contribution in [3.8, 4) is 0 Å². The number of hydrogen-bond acceptors (Lipinski definition) is 4. The number of likely N-dealkylation sites (N-methyl/N-ethyl adjacent to an activating group) is 1. The molecule has 0 aliphatic heterocycles. The molecular weight excluding hydrogens is 276 g/mol. The number of rotatable bonds is 7. The number of carbonyl (C=O) groups is 2. The van der Waals surface area contributed by atoms with E-state index in [1.54, 1.807) is 20.8 Å². The van der Waals surface area contributed by atoms with Crippen LogP contribution in [0.5, 0.6) is 0 Å². The Bertz CT molecular complexity index is 467. The first-order valence-electron chi connectivity index (χ1n) is 6.71. The van der Waals surface area contributed by atoms with Gasteiger partial charge in [0.15, 0.2) is 0 Å². The van der Waals surface area contributed by atoms with Gasteiger partial charge in [0.25, 0.3) is 0 Å². The Morgan fingerprint density at radius 1 is 1.52 bits per heavy atom. The molecule has 0 aromatic carbocycles. The van der Waals surface area contributed by atoms with E-state index in [2.05, 4.69) is 15.3 Å². The number of urea groups is 1. The van der Waals surface area contributed by atoms with Crippen LogP contribution < -0.4 is 5.32 Å². The van der Waals surface area contributed by atoms with E-state index >= 15 is 0 Å². The van der Waals surface area contributed by atoms with Gasteiger partial charge in [0, 0.05) is 24.9 Å². The van der Waals surface area contributed by atoms with Crippen LogP contribution in [-0.4, -0.2) is 61.8 Å². The van der Waals surface area contributed by atoms with E-state index in [9.17, 15) is 19.8 Å². The highest BCUT2D eigenvalue weighted by molar-refractivity contribution is 5.82. The molecule has 0 unspecified atom stereocenters. The van der Waals surface area contributed by atoms with Crippen LogP contribution in [0, 0.1) is 0 Å². The number of nitrogens with zero attached hydrogens (tertiary/aromatic N) is 2. The third-order valence-electron chi connectivity index (χ3n) is 2.82. The molecule has 8 nitrogen and oxygen atoms in total. The van der Waals surface area contributed by atoms with Gasteiger partial charge in [-0.05, 0) is 20.8 Å². The summed E-state index contributed by atoms with van der Waals surface area (Å²) in [5, 5.41) is 21.4. The Labute approximate surface area is 123 Å². The standard InChI is InChI=1S/C13H22N4O4/c1-4-17(7-13(2,3)21)12(20)16-10(11(18)19)5-9-6-14-8-15-9/h6,8,10,21H,4-5,7H2,1-3H3,(H,14,15)(H,16,20)(H,18,19)/t10-/m0/s1. The second kappa shape index (κ2) is 7.07. The van der Waals surface area contributed by atoms with Gasteiger partial charge in [-0.2, -0.15) is 0 Å². The summed E-state index contributed by atoms with van der Waals surface area (Å²) in [6, 6.07) is -1.58. The molecule has 1 aromatic rings. The van der Waals surface area contributed by atoms with Crippen LogP contribution in [0.1, 0.15) is 26.5 Å². The number of H-pyrrole nitrogens is 1. The van der Waals surface area contributed by atoms with Crippen molar-refractivity contribution in [3.05, 3.63) is 18.2 Å². The van der Waals surface area contributed by atoms with Crippen molar-refractivity contribution in [2.45, 2.75) is 38.8 Å². The van der Waals surface area contributed by atoms with Crippen LogP contribution in [0.3, 0.4) is 0 Å². The highest BCUT2D eigenvalue weighted by atomic mass is 16.4. The van der Waals surface area contributed by atoms with Gasteiger partial charge in [0.1, 0.15) is 6.04 Å². The number of aromatic nitrogens is 2. The number of imidazole rings is 1. The molecule has 8 heteroatoms. The number of carboxylic acids is 1. The lowest BCUT2D eigenvalue weighted by Gasteiger charge is -2.29. The molecule has 1 aromatic heterocycles. The Balaban J connectivity index is 2.69. The quantitative estimate of drug-likeness (QED) is 0.574. The first-order chi connectivity index (χ1) is 9.73. The molecule has 0 fully saturated rings. The van der Waals surface area contributed by atoms with Gasteiger partial charge in [0.2, 0.25) is 0 Å². The SMILES string of the molecule is CCN(CC(C)(C)O)C(=O)N[C@@H](Cc1cnc[nH]1)C(=O)O. The first kappa shape index (κ1) is 17.0. The molecule has 0 radical (unpaired) electrons. The van der Waals surface area contributed by atoms with Crippen molar-refractivity contribution < 1.29 is 19.8 Å². The van der Waals surface area contributed by atoms with E-state index in [1.165, 1.54) is 17.4 Å². The lowest BCUT2D eigenvalue weighted by atomic mass is 10.1. The summed E-state index contributed by atoms with van der Waals surface area (Å²) in [7, 11) is 0. The summed E-state index contributed by atoms with van der Waals surface area (Å²) in [6.07, 6.45) is 3.07. The summed E-state index contributed by atoms with van der Waals surface area (Å²) < 4.78 is 0. The first-order valence-corrected chi connectivity index (χ1v) is 6.71. The molecule has 118 valence electrons. The number of carboxylic acid groups (broad SMARTS) is 1. The lowest BCUT2D eigenvalue weighted by Crippen LogP contribution is -2.52. The normalized spacial score (nSPS) is 12.8. The van der Waals surface area contributed by atoms with E-state index < -0.39 is 23.6 Å². The number of aromatic amines is 1. The maximum absolute atomic E-state index is 12.1. The molecular formula is C13H22N4O4. The Morgan fingerprint density at radius 2 is 2.19 bits per heavy atom. The van der Waals surface area contributed by atoms with Gasteiger partial charge in [-0.3, -0.25) is 0 Å². The molecule has 1 rings (SSSR count). The summed E-state index contributed by atoms with van der Waals surface area (Å²) in [5.41, 5.74) is -0.427. The monoisotopic (exact) mass is 298 g/mol. The minimum Gasteiger partial charge on any atom is -0.480 e. The zero-order valence-electron chi connectivity index (χ0n) is 12.5. The highest BCUT2D eigenvalue weighted by Gasteiger charge is 2.26. The van der Waals surface area contributed by atoms with Crippen molar-refractivity contribution >= 4 is 12.0 Å². The summed E-state index contributed by atoms with van der Waals surface area (Å²) in [5.74, 6) is -1.13. The van der Waals surface area contributed by atoms with Crippen LogP contribution in [-0.2, 0) is 11.2 Å². The van der Waals surface area contributed by atoms with Crippen molar-refractivity contribution in [2.75, 3.05) is 13.1 Å². The largest absolute Gasteiger partial charge is 0.480 e. The van der Waals surface area contributed by atoms with Gasteiger partial charge in [-0.15, -0.1) is 0 Å². The molecule has 1 heterocycles. The van der Waals surface area contributed by atoms with E-state index in [1.807, 2.05) is 0 Å². The Hall–Kier alpha value is -2.09. The second-order valence-electron chi connectivity index (χ2n) is 5.45. The number of amides is 2. The fourth-order valence-corrected chi connectivity index (χ4v) is 1.85. The highest BCUT2D eigenvalue weighted by Crippen LogP contribution is 2.06. The predicted octanol–water partition coefficient (Wildman–Crippen LogP) is 0.208. The number of carbonyl (C=O) groups excluding carboxylic acids is 1. The lowest BCUT2D eigenvalue weighted by molar-refractivity contribution is -0.139. The third-order valence-corrected chi connectivity index (χ3v) is 2.82. The number of aliphatic carboxylic acids is 1. The summed E-state index contributed by atoms with van der Waals surface area (Å²) in [4.78, 5) is 31.3. The van der Waals surface area contributed by atoms with E-state index in [4.69, 9.17) is 0 Å². The van der Waals surface area contributed by atoms with Crippen LogP contribution in [0.4, 0.5) is 4.79 Å². The maximum atomic E-state index is 12.1. The van der Waals surface area contributed by atoms with Crippen molar-refractivity contribution in [1.82, 2.24) is 20.2 Å². The smallest absolute Gasteiger partial charge is 0.326 e. The number of hydrogen-bond donors (Lipinski definition) is 4. The minimum atomic E-state index is -1.13. The number of nitrogens with one attached hydrogen (secondary N) is 2. The Kier molecular flexibility index (Phi) is 5.71. The van der Waals surface area contributed by atoms with E-state index in [-0.39, 0.29) is 13.0 Å². The topological polar surface area (TPSA) is 119 Å². The van der Waals surface area contributed by atoms with Crippen LogP contribution in [0.2, 0.25) is 0 Å². The Morgan fingerprint density at radius 3 is 2.62 bits per heavy atom. The van der Waals surface area contributed by atoms with Gasteiger partial charge in [-0.1, -0.05) is 0 Å². The fourth-order valence-electron chi connectivity index (χ4n) is 1.85. The average molecular weight is 298 g/mol. The van der Waals surface area contributed by atoms with Gasteiger partial charge < -0.3 is 25.4 Å². The van der Waals surface area contributed by atoms with Crippen LogP contribution in [0.25, 0.3) is 0 Å². The fraction of sp³-hybridized carbons (Fsp3) is 0.615. The molecule has 0 saturated heterocycles. The van der Waals surface area contributed by atoms with Gasteiger partial charge in [-0.25, -0.2) is 14.6 Å².